The quantitative estimate of drug-likeness (QED) is 0.614. The van der Waals surface area contributed by atoms with Gasteiger partial charge >= 0.3 is 0 Å². The van der Waals surface area contributed by atoms with Gasteiger partial charge in [0, 0.05) is 0 Å². The minimum Gasteiger partial charge on any atom is -0.490 e. The van der Waals surface area contributed by atoms with E-state index in [1.54, 1.807) is 0 Å². The minimum atomic E-state index is -0.121. The lowest BCUT2D eigenvalue weighted by Crippen LogP contribution is -2.21. The predicted molar refractivity (Wildman–Crippen MR) is 110 cm³/mol. The zero-order valence-electron chi connectivity index (χ0n) is 15.1. The first-order valence-corrected chi connectivity index (χ1v) is 9.42. The van der Waals surface area contributed by atoms with Gasteiger partial charge in [0.05, 0.1) is 27.5 Å². The van der Waals surface area contributed by atoms with E-state index in [1.165, 1.54) is 5.01 Å². The molecule has 0 aliphatic carbocycles. The average molecular weight is 413 g/mol. The molecule has 1 unspecified atom stereocenters. The van der Waals surface area contributed by atoms with Crippen molar-refractivity contribution in [3.05, 3.63) is 64.1 Å². The number of carbonyl (C=O) groups excluding carboxylic acids is 1. The van der Waals surface area contributed by atoms with Crippen LogP contribution in [0.1, 0.15) is 32.8 Å². The zero-order chi connectivity index (χ0) is 18.7. The second-order valence-corrected chi connectivity index (χ2v) is 7.08. The van der Waals surface area contributed by atoms with E-state index >= 15 is 0 Å². The van der Waals surface area contributed by atoms with Gasteiger partial charge in [-0.2, -0.15) is 10.1 Å². The molecule has 0 bridgehead atoms. The third-order valence-electron chi connectivity index (χ3n) is 4.23. The summed E-state index contributed by atoms with van der Waals surface area (Å²) in [4.78, 5) is 12.8. The van der Waals surface area contributed by atoms with Crippen LogP contribution >= 0.6 is 15.9 Å². The maximum Gasteiger partial charge on any atom is 0.280 e. The smallest absolute Gasteiger partial charge is 0.280 e. The third kappa shape index (κ3) is 3.88. The Bertz CT molecular complexity index is 875. The predicted octanol–water partition coefficient (Wildman–Crippen LogP) is 5.43. The van der Waals surface area contributed by atoms with Gasteiger partial charge in [-0.15, -0.1) is 0 Å². The first-order chi connectivity index (χ1) is 12.5. The lowest BCUT2D eigenvalue weighted by atomic mass is 10.1. The van der Waals surface area contributed by atoms with E-state index in [-0.39, 0.29) is 12.0 Å². The van der Waals surface area contributed by atoms with E-state index in [4.69, 9.17) is 4.74 Å². The van der Waals surface area contributed by atoms with E-state index in [2.05, 4.69) is 28.0 Å². The van der Waals surface area contributed by atoms with Gasteiger partial charge in [-0.1, -0.05) is 31.2 Å². The Labute approximate surface area is 162 Å². The lowest BCUT2D eigenvalue weighted by molar-refractivity contribution is -0.114. The van der Waals surface area contributed by atoms with Crippen molar-refractivity contribution in [2.45, 2.75) is 33.3 Å². The van der Waals surface area contributed by atoms with Crippen molar-refractivity contribution in [3.63, 3.8) is 0 Å². The van der Waals surface area contributed by atoms with Crippen molar-refractivity contribution in [2.24, 2.45) is 5.10 Å². The number of halogens is 1. The third-order valence-corrected chi connectivity index (χ3v) is 4.85. The van der Waals surface area contributed by atoms with E-state index in [0.717, 1.165) is 27.9 Å². The minimum absolute atomic E-state index is 0.121. The van der Waals surface area contributed by atoms with Gasteiger partial charge in [0.1, 0.15) is 5.75 Å². The van der Waals surface area contributed by atoms with Crippen LogP contribution in [0, 0.1) is 0 Å². The summed E-state index contributed by atoms with van der Waals surface area (Å²) in [7, 11) is 0. The summed E-state index contributed by atoms with van der Waals surface area (Å²) in [5.74, 6) is 0.681. The van der Waals surface area contributed by atoms with Crippen molar-refractivity contribution in [3.8, 4) is 5.75 Å². The van der Waals surface area contributed by atoms with Crippen molar-refractivity contribution in [1.29, 1.82) is 0 Å². The van der Waals surface area contributed by atoms with Crippen molar-refractivity contribution < 1.29 is 9.53 Å². The molecule has 1 atom stereocenters. The van der Waals surface area contributed by atoms with Crippen LogP contribution in [-0.4, -0.2) is 17.7 Å². The molecule has 1 heterocycles. The van der Waals surface area contributed by atoms with Gasteiger partial charge in [-0.05, 0) is 72.1 Å². The van der Waals surface area contributed by atoms with Crippen LogP contribution in [0.25, 0.3) is 6.08 Å². The highest BCUT2D eigenvalue weighted by atomic mass is 79.9. The van der Waals surface area contributed by atoms with Gasteiger partial charge < -0.3 is 4.74 Å². The Balaban J connectivity index is 1.85. The number of hydrazone groups is 1. The Morgan fingerprint density at radius 1 is 1.23 bits per heavy atom. The molecule has 2 aromatic carbocycles. The zero-order valence-corrected chi connectivity index (χ0v) is 16.7. The van der Waals surface area contributed by atoms with Crippen LogP contribution in [0.2, 0.25) is 0 Å². The summed E-state index contributed by atoms with van der Waals surface area (Å²) in [5.41, 5.74) is 2.98. The SMILES string of the molecule is CCC(C)Oc1ccc(/C=C2\C(=O)N(c3ccccc3)N=C2C)cc1Br. The van der Waals surface area contributed by atoms with Crippen molar-refractivity contribution >= 4 is 39.3 Å². The molecule has 1 aliphatic heterocycles. The largest absolute Gasteiger partial charge is 0.490 e. The van der Waals surface area contributed by atoms with Gasteiger partial charge in [0.25, 0.3) is 5.91 Å². The molecule has 1 aliphatic rings. The van der Waals surface area contributed by atoms with Gasteiger partial charge in [-0.3, -0.25) is 4.79 Å². The summed E-state index contributed by atoms with van der Waals surface area (Å²) in [5, 5.41) is 5.84. The van der Waals surface area contributed by atoms with Crippen LogP contribution in [0.5, 0.6) is 5.75 Å². The topological polar surface area (TPSA) is 41.9 Å². The molecule has 26 heavy (non-hydrogen) atoms. The second-order valence-electron chi connectivity index (χ2n) is 6.22. The molecule has 134 valence electrons. The molecule has 0 radical (unpaired) electrons. The maximum atomic E-state index is 12.8. The van der Waals surface area contributed by atoms with Gasteiger partial charge in [0.2, 0.25) is 0 Å². The number of carbonyl (C=O) groups is 1. The number of anilines is 1. The molecule has 0 fully saturated rings. The first kappa shape index (κ1) is 18.4. The average Bonchev–Trinajstić information content (AvgIpc) is 2.92. The number of nitrogens with zero attached hydrogens (tertiary/aromatic N) is 2. The molecular formula is C21H21BrN2O2. The standard InChI is InChI=1S/C21H21BrN2O2/c1-4-14(2)26-20-11-10-16(13-19(20)22)12-18-15(3)23-24(21(18)25)17-8-6-5-7-9-17/h5-14H,4H2,1-3H3/b18-12-. The Morgan fingerprint density at radius 2 is 1.96 bits per heavy atom. The molecule has 2 aromatic rings. The number of benzene rings is 2. The first-order valence-electron chi connectivity index (χ1n) is 8.62. The maximum absolute atomic E-state index is 12.8. The summed E-state index contributed by atoms with van der Waals surface area (Å²) in [6.45, 7) is 5.98. The fraction of sp³-hybridized carbons (Fsp3) is 0.238. The molecule has 0 spiro atoms. The Morgan fingerprint density at radius 3 is 2.62 bits per heavy atom. The molecule has 0 saturated heterocycles. The van der Waals surface area contributed by atoms with Crippen LogP contribution in [0.15, 0.2) is 63.7 Å². The number of para-hydroxylation sites is 1. The van der Waals surface area contributed by atoms with E-state index < -0.39 is 0 Å². The van der Waals surface area contributed by atoms with Gasteiger partial charge in [0.15, 0.2) is 0 Å². The number of hydrogen-bond donors (Lipinski definition) is 0. The molecular weight excluding hydrogens is 392 g/mol. The summed E-state index contributed by atoms with van der Waals surface area (Å²) in [6, 6.07) is 15.3. The second kappa shape index (κ2) is 7.87. The fourth-order valence-electron chi connectivity index (χ4n) is 2.60. The van der Waals surface area contributed by atoms with Crippen LogP contribution in [0.4, 0.5) is 5.69 Å². The number of hydrogen-bond acceptors (Lipinski definition) is 3. The van der Waals surface area contributed by atoms with Crippen LogP contribution in [-0.2, 0) is 4.79 Å². The molecule has 0 aromatic heterocycles. The number of rotatable bonds is 5. The molecule has 0 saturated carbocycles. The summed E-state index contributed by atoms with van der Waals surface area (Å²) >= 11 is 3.55. The molecule has 1 amide bonds. The van der Waals surface area contributed by atoms with E-state index in [0.29, 0.717) is 11.3 Å². The number of ether oxygens (including phenoxy) is 1. The highest BCUT2D eigenvalue weighted by Crippen LogP contribution is 2.30. The molecule has 4 nitrogen and oxygen atoms in total. The van der Waals surface area contributed by atoms with Gasteiger partial charge in [-0.25, -0.2) is 0 Å². The van der Waals surface area contributed by atoms with Crippen molar-refractivity contribution in [1.82, 2.24) is 0 Å². The van der Waals surface area contributed by atoms with E-state index in [9.17, 15) is 4.79 Å². The van der Waals surface area contributed by atoms with Crippen molar-refractivity contribution in [2.75, 3.05) is 5.01 Å². The summed E-state index contributed by atoms with van der Waals surface area (Å²) < 4.78 is 6.74. The fourth-order valence-corrected chi connectivity index (χ4v) is 3.09. The van der Waals surface area contributed by atoms with Crippen LogP contribution in [0.3, 0.4) is 0 Å². The molecule has 5 heteroatoms. The lowest BCUT2D eigenvalue weighted by Gasteiger charge is -2.14. The van der Waals surface area contributed by atoms with Crippen LogP contribution < -0.4 is 9.75 Å². The molecule has 3 rings (SSSR count). The van der Waals surface area contributed by atoms with E-state index in [1.807, 2.05) is 68.5 Å². The monoisotopic (exact) mass is 412 g/mol. The Kier molecular flexibility index (Phi) is 5.57. The normalized spacial score (nSPS) is 16.8. The highest BCUT2D eigenvalue weighted by molar-refractivity contribution is 9.10. The summed E-state index contributed by atoms with van der Waals surface area (Å²) in [6.07, 6.45) is 2.96. The highest BCUT2D eigenvalue weighted by Gasteiger charge is 2.28. The molecule has 0 N–H and O–H groups in total. The number of amides is 1. The Hall–Kier alpha value is -2.40.